The first kappa shape index (κ1) is 69.2. The maximum absolute atomic E-state index is 12.3. The molecule has 0 radical (unpaired) electrons. The third-order valence-corrected chi connectivity index (χ3v) is 18.6. The van der Waals surface area contributed by atoms with Gasteiger partial charge in [0.15, 0.2) is 0 Å². The molecule has 6 bridgehead atoms. The molecule has 474 valence electrons. The smallest absolute Gasteiger partial charge is 0.133 e. The Morgan fingerprint density at radius 3 is 0.898 bits per heavy atom. The lowest BCUT2D eigenvalue weighted by Gasteiger charge is -2.26. The molecule has 0 saturated heterocycles. The number of hydrogen-bond donors (Lipinski definition) is 3. The monoisotopic (exact) mass is 1190 g/mol. The van der Waals surface area contributed by atoms with Crippen molar-refractivity contribution in [3.8, 4) is 52.8 Å². The summed E-state index contributed by atoms with van der Waals surface area (Å²) in [6, 6.07) is 9.13. The first-order valence-electron chi connectivity index (χ1n) is 35.5. The van der Waals surface area contributed by atoms with Gasteiger partial charge >= 0.3 is 0 Å². The lowest BCUT2D eigenvalue weighted by atomic mass is 9.90. The van der Waals surface area contributed by atoms with Crippen molar-refractivity contribution in [2.75, 3.05) is 0 Å². The van der Waals surface area contributed by atoms with Gasteiger partial charge in [-0.15, -0.1) is 0 Å². The number of phenolic OH excluding ortho intramolecular Hbond substituents is 3. The molecule has 3 saturated carbocycles. The third kappa shape index (κ3) is 23.6. The number of rotatable bonds is 24. The van der Waals surface area contributed by atoms with Crippen LogP contribution in [0.4, 0.5) is 0 Å². The van der Waals surface area contributed by atoms with E-state index in [0.717, 1.165) is 138 Å². The molecule has 0 spiro atoms. The van der Waals surface area contributed by atoms with Crippen LogP contribution in [0.1, 0.15) is 327 Å². The zero-order chi connectivity index (χ0) is 61.8. The highest BCUT2D eigenvalue weighted by atomic mass is 16.3. The highest BCUT2D eigenvalue weighted by Gasteiger charge is 2.27. The summed E-state index contributed by atoms with van der Waals surface area (Å²) in [6.45, 7) is 8.84. The summed E-state index contributed by atoms with van der Waals surface area (Å²) in [5.74, 6) is 21.2. The number of hydrogen-bond acceptors (Lipinski definition) is 9. The molecular weight excluding hydrogens is 1080 g/mol. The lowest BCUT2D eigenvalue weighted by Crippen LogP contribution is -2.27. The van der Waals surface area contributed by atoms with Gasteiger partial charge in [-0.3, -0.25) is 30.0 Å². The van der Waals surface area contributed by atoms with Crippen molar-refractivity contribution >= 4 is 37.3 Å². The number of fused-ring (bicyclic) bond motifs is 9. The molecule has 3 N–H and O–H groups in total. The molecule has 9 nitrogen and oxygen atoms in total. The SMILES string of the molecule is CCCCCCCCCCC#Cc1cc2c(O)c(c1)C=NC1CCCCC1N=Cc1cc(C#CCCCCCCCCCC)c(C)c(c1O)C=NC1CCCCC1N=Cc1cc(C#CCCCCCCCCCC)cc(c1O)C=NC1CCCCC1N=C2. The van der Waals surface area contributed by atoms with Gasteiger partial charge in [0, 0.05) is 107 Å². The number of benzene rings is 3. The number of unbranched alkanes of at least 4 members (excludes halogenated alkanes) is 24. The van der Waals surface area contributed by atoms with Crippen molar-refractivity contribution in [2.24, 2.45) is 30.0 Å². The van der Waals surface area contributed by atoms with Gasteiger partial charge in [0.05, 0.1) is 36.3 Å². The Bertz CT molecular complexity index is 2980. The quantitative estimate of drug-likeness (QED) is 0.0609. The highest BCUT2D eigenvalue weighted by Crippen LogP contribution is 2.33. The van der Waals surface area contributed by atoms with Crippen LogP contribution in [0.5, 0.6) is 17.2 Å². The first-order valence-corrected chi connectivity index (χ1v) is 35.5. The van der Waals surface area contributed by atoms with Crippen molar-refractivity contribution in [3.05, 3.63) is 86.0 Å². The van der Waals surface area contributed by atoms with E-state index in [2.05, 4.69) is 56.3 Å². The van der Waals surface area contributed by atoms with E-state index < -0.39 is 0 Å². The molecule has 1 aliphatic heterocycles. The van der Waals surface area contributed by atoms with E-state index in [0.29, 0.717) is 33.4 Å². The Kier molecular flexibility index (Phi) is 31.8. The molecule has 3 fully saturated rings. The van der Waals surface area contributed by atoms with Gasteiger partial charge in [0.25, 0.3) is 0 Å². The second-order valence-corrected chi connectivity index (χ2v) is 25.9. The topological polar surface area (TPSA) is 135 Å². The maximum Gasteiger partial charge on any atom is 0.133 e. The normalized spacial score (nSPS) is 20.1. The lowest BCUT2D eigenvalue weighted by molar-refractivity contribution is 0.389. The molecule has 9 heteroatoms. The molecule has 3 aromatic carbocycles. The second-order valence-electron chi connectivity index (χ2n) is 25.9. The predicted octanol–water partition coefficient (Wildman–Crippen LogP) is 19.6. The summed E-state index contributed by atoms with van der Waals surface area (Å²) < 4.78 is 0. The molecule has 7 rings (SSSR count). The van der Waals surface area contributed by atoms with Crippen molar-refractivity contribution < 1.29 is 15.3 Å². The zero-order valence-electron chi connectivity index (χ0n) is 54.9. The first-order chi connectivity index (χ1) is 43.3. The minimum Gasteiger partial charge on any atom is -0.507 e. The minimum atomic E-state index is -0.120. The molecule has 3 aliphatic carbocycles. The fourth-order valence-electron chi connectivity index (χ4n) is 13.0. The van der Waals surface area contributed by atoms with E-state index in [1.165, 1.54) is 135 Å². The predicted molar refractivity (Wildman–Crippen MR) is 375 cm³/mol. The van der Waals surface area contributed by atoms with Gasteiger partial charge in [-0.05, 0) is 101 Å². The van der Waals surface area contributed by atoms with Crippen LogP contribution in [-0.2, 0) is 0 Å². The standard InChI is InChI=1S/C79H110N6O3/c1-5-8-11-14-17-20-23-26-29-32-41-62-50-65-55-80-71-44-35-36-45-72(71)81-56-66-52-63(42-33-30-27-24-21-18-15-12-9-6-2)53-68(78(66)87)58-83-75-48-39-40-49-76(75)85-60-70-61(4)64(43-34-31-28-25-22-19-16-13-10-7-3)54-69(79(70)88)59-84-74-47-38-37-46-73(74)82-57-67(51-62)77(65)86/h50-60,71-76,86-88H,5-31,35-40,44-49H2,1-4H3. The van der Waals surface area contributed by atoms with Gasteiger partial charge in [-0.25, -0.2) is 0 Å². The summed E-state index contributed by atoms with van der Waals surface area (Å²) in [4.78, 5) is 31.4. The number of phenols is 3. The van der Waals surface area contributed by atoms with Crippen LogP contribution < -0.4 is 0 Å². The Morgan fingerprint density at radius 1 is 0.330 bits per heavy atom. The summed E-state index contributed by atoms with van der Waals surface area (Å²) in [5, 5.41) is 36.5. The summed E-state index contributed by atoms with van der Waals surface area (Å²) >= 11 is 0. The average Bonchev–Trinajstić information content (AvgIpc) is 1.80. The van der Waals surface area contributed by atoms with E-state index in [9.17, 15) is 15.3 Å². The molecular formula is C79H110N6O3. The molecule has 6 atom stereocenters. The van der Waals surface area contributed by atoms with Crippen LogP contribution in [0.25, 0.3) is 0 Å². The van der Waals surface area contributed by atoms with Gasteiger partial charge in [0.1, 0.15) is 17.2 Å². The zero-order valence-corrected chi connectivity index (χ0v) is 54.9. The maximum atomic E-state index is 12.3. The molecule has 88 heavy (non-hydrogen) atoms. The number of aliphatic imine (C=N–C) groups is 6. The molecule has 3 aromatic rings. The van der Waals surface area contributed by atoms with Crippen LogP contribution in [0.3, 0.4) is 0 Å². The molecule has 6 unspecified atom stereocenters. The van der Waals surface area contributed by atoms with Crippen molar-refractivity contribution in [3.63, 3.8) is 0 Å². The fourth-order valence-corrected chi connectivity index (χ4v) is 13.0. The van der Waals surface area contributed by atoms with E-state index in [1.54, 1.807) is 0 Å². The molecule has 1 heterocycles. The van der Waals surface area contributed by atoms with E-state index >= 15 is 0 Å². The van der Waals surface area contributed by atoms with Gasteiger partial charge in [-0.1, -0.05) is 230 Å². The summed E-state index contributed by atoms with van der Waals surface area (Å²) in [5.41, 5.74) is 7.10. The van der Waals surface area contributed by atoms with Crippen molar-refractivity contribution in [2.45, 2.75) is 314 Å². The molecule has 0 amide bonds. The van der Waals surface area contributed by atoms with E-state index in [-0.39, 0.29) is 53.5 Å². The van der Waals surface area contributed by atoms with E-state index in [4.69, 9.17) is 30.0 Å². The van der Waals surface area contributed by atoms with Crippen LogP contribution >= 0.6 is 0 Å². The van der Waals surface area contributed by atoms with Crippen LogP contribution in [0.15, 0.2) is 60.3 Å². The third-order valence-electron chi connectivity index (χ3n) is 18.6. The van der Waals surface area contributed by atoms with Crippen LogP contribution in [0, 0.1) is 42.4 Å². The largest absolute Gasteiger partial charge is 0.507 e. The number of aromatic hydroxyl groups is 3. The molecule has 4 aliphatic rings. The summed E-state index contributed by atoms with van der Waals surface area (Å²) in [7, 11) is 0. The molecule has 0 aromatic heterocycles. The van der Waals surface area contributed by atoms with E-state index in [1.807, 2.05) is 74.5 Å². The van der Waals surface area contributed by atoms with Gasteiger partial charge in [0.2, 0.25) is 0 Å². The van der Waals surface area contributed by atoms with Crippen molar-refractivity contribution in [1.82, 2.24) is 0 Å². The Labute approximate surface area is 533 Å². The summed E-state index contributed by atoms with van der Waals surface area (Å²) in [6.07, 6.45) is 55.0. The second kappa shape index (κ2) is 40.4. The van der Waals surface area contributed by atoms with Crippen LogP contribution in [-0.4, -0.2) is 88.9 Å². The van der Waals surface area contributed by atoms with Gasteiger partial charge < -0.3 is 15.3 Å². The fraction of sp³-hybridized carbons (Fsp3) is 0.620. The minimum absolute atomic E-state index is 0.116. The van der Waals surface area contributed by atoms with Crippen LogP contribution in [0.2, 0.25) is 0 Å². The Hall–Kier alpha value is -6.24. The highest BCUT2D eigenvalue weighted by molar-refractivity contribution is 5.96. The van der Waals surface area contributed by atoms with Crippen molar-refractivity contribution in [1.29, 1.82) is 0 Å². The Morgan fingerprint density at radius 2 is 0.591 bits per heavy atom. The van der Waals surface area contributed by atoms with Gasteiger partial charge in [-0.2, -0.15) is 0 Å². The average molecular weight is 1190 g/mol. The Balaban J connectivity index is 1.26. The number of nitrogens with zero attached hydrogens (tertiary/aromatic N) is 6.